The first-order valence-corrected chi connectivity index (χ1v) is 7.60. The summed E-state index contributed by atoms with van der Waals surface area (Å²) < 4.78 is 0. The summed E-state index contributed by atoms with van der Waals surface area (Å²) in [6.45, 7) is 0.0514. The lowest BCUT2D eigenvalue weighted by molar-refractivity contribution is -0.155. The lowest BCUT2D eigenvalue weighted by Gasteiger charge is -2.31. The van der Waals surface area contributed by atoms with Crippen LogP contribution in [0, 0.1) is 5.92 Å². The van der Waals surface area contributed by atoms with Crippen molar-refractivity contribution in [1.29, 1.82) is 0 Å². The van der Waals surface area contributed by atoms with Gasteiger partial charge in [0, 0.05) is 5.69 Å². The number of hydrogen-bond acceptors (Lipinski definition) is 3. The van der Waals surface area contributed by atoms with Crippen LogP contribution in [-0.4, -0.2) is 22.7 Å². The molecule has 4 heteroatoms. The number of carbonyl (C=O) groups is 1. The number of rotatable bonds is 1. The third-order valence-corrected chi connectivity index (χ3v) is 4.53. The Labute approximate surface area is 119 Å². The topological polar surface area (TPSA) is 52.6 Å². The highest BCUT2D eigenvalue weighted by molar-refractivity contribution is 5.93. The molecule has 4 nitrogen and oxygen atoms in total. The number of anilines is 1. The Kier molecular flexibility index (Phi) is 4.03. The molecule has 1 amide bonds. The zero-order valence-electron chi connectivity index (χ0n) is 11.7. The predicted molar refractivity (Wildman–Crippen MR) is 77.5 cm³/mol. The van der Waals surface area contributed by atoms with E-state index >= 15 is 0 Å². The molecule has 20 heavy (non-hydrogen) atoms. The second-order valence-electron chi connectivity index (χ2n) is 5.93. The minimum absolute atomic E-state index is 0.0514. The van der Waals surface area contributed by atoms with Crippen LogP contribution >= 0.6 is 0 Å². The van der Waals surface area contributed by atoms with Gasteiger partial charge in [-0.3, -0.25) is 4.79 Å². The predicted octanol–water partition coefficient (Wildman–Crippen LogP) is 3.34. The van der Waals surface area contributed by atoms with E-state index < -0.39 is 0 Å². The van der Waals surface area contributed by atoms with Crippen LogP contribution in [0.25, 0.3) is 0 Å². The summed E-state index contributed by atoms with van der Waals surface area (Å²) in [5, 5.41) is 14.5. The minimum Gasteiger partial charge on any atom is -0.325 e. The van der Waals surface area contributed by atoms with Crippen LogP contribution in [0.5, 0.6) is 0 Å². The number of benzene rings is 1. The van der Waals surface area contributed by atoms with Gasteiger partial charge in [0.15, 0.2) is 0 Å². The molecule has 1 aliphatic heterocycles. The van der Waals surface area contributed by atoms with Gasteiger partial charge in [0.05, 0.1) is 6.04 Å². The van der Waals surface area contributed by atoms with Gasteiger partial charge in [0.2, 0.25) is 5.91 Å². The Hall–Kier alpha value is -1.39. The number of carbonyl (C=O) groups excluding carboxylic acids is 1. The average Bonchev–Trinajstić information content (AvgIpc) is 2.75. The van der Waals surface area contributed by atoms with Crippen LogP contribution in [0.15, 0.2) is 24.3 Å². The Bertz CT molecular complexity index is 481. The molecule has 1 aromatic rings. The highest BCUT2D eigenvalue weighted by Gasteiger charge is 2.33. The molecule has 0 spiro atoms. The monoisotopic (exact) mass is 274 g/mol. The normalized spacial score (nSPS) is 25.4. The van der Waals surface area contributed by atoms with Crippen molar-refractivity contribution < 1.29 is 10.0 Å². The molecule has 1 atom stereocenters. The average molecular weight is 274 g/mol. The number of hydrogen-bond donors (Lipinski definition) is 2. The summed E-state index contributed by atoms with van der Waals surface area (Å²) in [6.07, 6.45) is 7.27. The van der Waals surface area contributed by atoms with Gasteiger partial charge in [-0.1, -0.05) is 43.9 Å². The number of nitrogens with one attached hydrogen (secondary N) is 1. The SMILES string of the molecule is O=C1CN(O)C(C2CCCCCC2)c2ccccc2N1. The summed E-state index contributed by atoms with van der Waals surface area (Å²) in [5.74, 6) is 0.285. The molecule has 1 aliphatic carbocycles. The van der Waals surface area contributed by atoms with E-state index in [2.05, 4.69) is 5.32 Å². The van der Waals surface area contributed by atoms with Gasteiger partial charge in [-0.2, -0.15) is 5.06 Å². The van der Waals surface area contributed by atoms with Gasteiger partial charge >= 0.3 is 0 Å². The summed E-state index contributed by atoms with van der Waals surface area (Å²) >= 11 is 0. The molecular formula is C16H22N2O2. The zero-order valence-corrected chi connectivity index (χ0v) is 11.7. The van der Waals surface area contributed by atoms with Crippen molar-refractivity contribution in [3.8, 4) is 0 Å². The van der Waals surface area contributed by atoms with E-state index in [4.69, 9.17) is 0 Å². The molecule has 1 saturated carbocycles. The van der Waals surface area contributed by atoms with Crippen LogP contribution in [0.2, 0.25) is 0 Å². The smallest absolute Gasteiger partial charge is 0.241 e. The molecule has 2 aliphatic rings. The van der Waals surface area contributed by atoms with Crippen LogP contribution in [0.1, 0.15) is 50.1 Å². The van der Waals surface area contributed by atoms with E-state index in [1.54, 1.807) is 0 Å². The fraction of sp³-hybridized carbons (Fsp3) is 0.562. The van der Waals surface area contributed by atoms with Gasteiger partial charge in [-0.25, -0.2) is 0 Å². The fourth-order valence-corrected chi connectivity index (χ4v) is 3.59. The number of hydroxylamine groups is 2. The largest absolute Gasteiger partial charge is 0.325 e. The van der Waals surface area contributed by atoms with Crippen molar-refractivity contribution in [2.24, 2.45) is 5.92 Å². The van der Waals surface area contributed by atoms with Gasteiger partial charge < -0.3 is 10.5 Å². The second-order valence-corrected chi connectivity index (χ2v) is 5.93. The Morgan fingerprint density at radius 3 is 2.55 bits per heavy atom. The summed E-state index contributed by atoms with van der Waals surface area (Å²) in [6, 6.07) is 7.79. The van der Waals surface area contributed by atoms with E-state index in [1.807, 2.05) is 24.3 Å². The fourth-order valence-electron chi connectivity index (χ4n) is 3.59. The zero-order chi connectivity index (χ0) is 13.9. The molecule has 0 radical (unpaired) electrons. The molecule has 1 heterocycles. The Morgan fingerprint density at radius 1 is 1.10 bits per heavy atom. The molecule has 0 saturated heterocycles. The molecule has 0 aromatic heterocycles. The van der Waals surface area contributed by atoms with Crippen molar-refractivity contribution >= 4 is 11.6 Å². The first-order valence-electron chi connectivity index (χ1n) is 7.60. The van der Waals surface area contributed by atoms with Crippen molar-refractivity contribution in [2.45, 2.75) is 44.6 Å². The van der Waals surface area contributed by atoms with Crippen LogP contribution in [-0.2, 0) is 4.79 Å². The summed E-state index contributed by atoms with van der Waals surface area (Å²) in [4.78, 5) is 11.8. The molecule has 3 rings (SSSR count). The number of fused-ring (bicyclic) bond motifs is 1. The number of amides is 1. The molecule has 2 N–H and O–H groups in total. The molecule has 1 fully saturated rings. The molecule has 1 aromatic carbocycles. The highest BCUT2D eigenvalue weighted by atomic mass is 16.5. The highest BCUT2D eigenvalue weighted by Crippen LogP contribution is 2.40. The first-order chi connectivity index (χ1) is 9.75. The van der Waals surface area contributed by atoms with Crippen molar-refractivity contribution in [3.05, 3.63) is 29.8 Å². The van der Waals surface area contributed by atoms with E-state index in [0.717, 1.165) is 24.1 Å². The lowest BCUT2D eigenvalue weighted by atomic mass is 9.86. The third kappa shape index (κ3) is 2.72. The van der Waals surface area contributed by atoms with Gasteiger partial charge in [0.1, 0.15) is 6.54 Å². The van der Waals surface area contributed by atoms with E-state index in [9.17, 15) is 10.0 Å². The molecule has 1 unspecified atom stereocenters. The first kappa shape index (κ1) is 13.6. The van der Waals surface area contributed by atoms with Crippen molar-refractivity contribution in [3.63, 3.8) is 0 Å². The number of para-hydroxylation sites is 1. The summed E-state index contributed by atoms with van der Waals surface area (Å²) in [5.41, 5.74) is 1.90. The Balaban J connectivity index is 1.96. The van der Waals surface area contributed by atoms with Gasteiger partial charge in [-0.15, -0.1) is 0 Å². The summed E-state index contributed by atoms with van der Waals surface area (Å²) in [7, 11) is 0. The van der Waals surface area contributed by atoms with Gasteiger partial charge in [-0.05, 0) is 30.4 Å². The Morgan fingerprint density at radius 2 is 1.80 bits per heavy atom. The van der Waals surface area contributed by atoms with Crippen LogP contribution < -0.4 is 5.32 Å². The standard InChI is InChI=1S/C16H22N2O2/c19-15-11-18(20)16(12-7-3-1-2-4-8-12)13-9-5-6-10-14(13)17-15/h5-6,9-10,12,16,20H,1-4,7-8,11H2,(H,17,19). The van der Waals surface area contributed by atoms with Gasteiger partial charge in [0.25, 0.3) is 0 Å². The molecule has 108 valence electrons. The van der Waals surface area contributed by atoms with Crippen LogP contribution in [0.4, 0.5) is 5.69 Å². The van der Waals surface area contributed by atoms with Crippen LogP contribution in [0.3, 0.4) is 0 Å². The molecular weight excluding hydrogens is 252 g/mol. The maximum Gasteiger partial charge on any atom is 0.241 e. The third-order valence-electron chi connectivity index (χ3n) is 4.53. The van der Waals surface area contributed by atoms with E-state index in [1.165, 1.54) is 30.7 Å². The molecule has 0 bridgehead atoms. The maximum atomic E-state index is 11.8. The van der Waals surface area contributed by atoms with Crippen molar-refractivity contribution in [2.75, 3.05) is 11.9 Å². The second kappa shape index (κ2) is 5.94. The lowest BCUT2D eigenvalue weighted by Crippen LogP contribution is -2.34. The van der Waals surface area contributed by atoms with E-state index in [0.29, 0.717) is 5.92 Å². The maximum absolute atomic E-state index is 11.8. The minimum atomic E-state index is -0.143. The van der Waals surface area contributed by atoms with E-state index in [-0.39, 0.29) is 18.5 Å². The quantitative estimate of drug-likeness (QED) is 0.772. The number of nitrogens with zero attached hydrogens (tertiary/aromatic N) is 1. The van der Waals surface area contributed by atoms with Crippen molar-refractivity contribution in [1.82, 2.24) is 5.06 Å².